The molecule has 1 aliphatic heterocycles. The Morgan fingerprint density at radius 1 is 1.15 bits per heavy atom. The molecule has 0 radical (unpaired) electrons. The Morgan fingerprint density at radius 2 is 1.95 bits per heavy atom. The number of nitrogens with one attached hydrogen (secondary N) is 1. The van der Waals surface area contributed by atoms with Crippen LogP contribution in [0.4, 0.5) is 0 Å². The zero-order valence-electron chi connectivity index (χ0n) is 13.8. The highest BCUT2D eigenvalue weighted by molar-refractivity contribution is 4.91. The van der Waals surface area contributed by atoms with E-state index in [1.165, 1.54) is 83.6 Å². The molecule has 0 aromatic heterocycles. The predicted octanol–water partition coefficient (Wildman–Crippen LogP) is 4.82. The zero-order chi connectivity index (χ0) is 14.3. The molecule has 1 aliphatic carbocycles. The van der Waals surface area contributed by atoms with Gasteiger partial charge in [-0.1, -0.05) is 33.1 Å². The van der Waals surface area contributed by atoms with Crippen LogP contribution in [0.15, 0.2) is 0 Å². The predicted molar refractivity (Wildman–Crippen MR) is 86.1 cm³/mol. The van der Waals surface area contributed by atoms with Crippen LogP contribution in [0.1, 0.15) is 90.9 Å². The minimum Gasteiger partial charge on any atom is -0.372 e. The van der Waals surface area contributed by atoms with E-state index in [2.05, 4.69) is 19.2 Å². The van der Waals surface area contributed by atoms with E-state index in [4.69, 9.17) is 4.74 Å². The lowest BCUT2D eigenvalue weighted by Gasteiger charge is -2.33. The lowest BCUT2D eigenvalue weighted by molar-refractivity contribution is -0.0662. The first-order valence-corrected chi connectivity index (χ1v) is 9.19. The first-order valence-electron chi connectivity index (χ1n) is 9.19. The van der Waals surface area contributed by atoms with Gasteiger partial charge in [0.25, 0.3) is 0 Å². The second-order valence-electron chi connectivity index (χ2n) is 7.01. The average molecular weight is 281 g/mol. The molecular weight excluding hydrogens is 246 g/mol. The molecule has 2 unspecified atom stereocenters. The summed E-state index contributed by atoms with van der Waals surface area (Å²) in [5.41, 5.74) is 0.313. The molecule has 2 atom stereocenters. The summed E-state index contributed by atoms with van der Waals surface area (Å²) in [5, 5.41) is 3.66. The van der Waals surface area contributed by atoms with E-state index in [1.807, 2.05) is 0 Å². The van der Waals surface area contributed by atoms with E-state index >= 15 is 0 Å². The first kappa shape index (κ1) is 16.3. The second-order valence-corrected chi connectivity index (χ2v) is 7.01. The molecule has 1 heterocycles. The van der Waals surface area contributed by atoms with Crippen molar-refractivity contribution >= 4 is 0 Å². The molecule has 2 rings (SSSR count). The van der Waals surface area contributed by atoms with Crippen molar-refractivity contribution < 1.29 is 4.74 Å². The summed E-state index contributed by atoms with van der Waals surface area (Å²) in [4.78, 5) is 0. The van der Waals surface area contributed by atoms with Crippen molar-refractivity contribution in [3.8, 4) is 0 Å². The Hall–Kier alpha value is -0.0800. The van der Waals surface area contributed by atoms with Gasteiger partial charge in [-0.25, -0.2) is 0 Å². The van der Waals surface area contributed by atoms with Crippen molar-refractivity contribution in [3.05, 3.63) is 0 Å². The Kier molecular flexibility index (Phi) is 6.83. The molecule has 1 N–H and O–H groups in total. The summed E-state index contributed by atoms with van der Waals surface area (Å²) >= 11 is 0. The summed E-state index contributed by atoms with van der Waals surface area (Å²) in [6.07, 6.45) is 16.5. The summed E-state index contributed by atoms with van der Waals surface area (Å²) in [7, 11) is 0. The summed E-state index contributed by atoms with van der Waals surface area (Å²) in [5.74, 6) is 0. The molecule has 0 amide bonds. The maximum atomic E-state index is 6.47. The fourth-order valence-corrected chi connectivity index (χ4v) is 4.05. The van der Waals surface area contributed by atoms with E-state index in [1.54, 1.807) is 0 Å². The van der Waals surface area contributed by atoms with Gasteiger partial charge in [0.15, 0.2) is 0 Å². The van der Waals surface area contributed by atoms with Crippen molar-refractivity contribution in [3.63, 3.8) is 0 Å². The van der Waals surface area contributed by atoms with E-state index < -0.39 is 0 Å². The SMILES string of the molecule is CCCNC(CC)CCCC1CCC2(CCCCC2)O1. The van der Waals surface area contributed by atoms with Gasteiger partial charge in [-0.2, -0.15) is 0 Å². The molecule has 1 saturated heterocycles. The topological polar surface area (TPSA) is 21.3 Å². The van der Waals surface area contributed by atoms with Crippen molar-refractivity contribution in [2.75, 3.05) is 6.54 Å². The number of hydrogen-bond donors (Lipinski definition) is 1. The maximum absolute atomic E-state index is 6.47. The minimum absolute atomic E-state index is 0.313. The van der Waals surface area contributed by atoms with E-state index in [9.17, 15) is 0 Å². The summed E-state index contributed by atoms with van der Waals surface area (Å²) in [6, 6.07) is 0.722. The van der Waals surface area contributed by atoms with Crippen molar-refractivity contribution in [2.45, 2.75) is 109 Å². The third-order valence-electron chi connectivity index (χ3n) is 5.36. The molecule has 0 bridgehead atoms. The van der Waals surface area contributed by atoms with Crippen LogP contribution in [-0.2, 0) is 4.74 Å². The monoisotopic (exact) mass is 281 g/mol. The van der Waals surface area contributed by atoms with Gasteiger partial charge in [0.05, 0.1) is 11.7 Å². The van der Waals surface area contributed by atoms with Crippen LogP contribution in [0, 0.1) is 0 Å². The third kappa shape index (κ3) is 4.73. The van der Waals surface area contributed by atoms with Gasteiger partial charge in [-0.3, -0.25) is 0 Å². The van der Waals surface area contributed by atoms with Gasteiger partial charge < -0.3 is 10.1 Å². The standard InChI is InChI=1S/C18H35NO/c1-3-15-19-16(4-2)9-8-10-17-11-14-18(20-17)12-6-5-7-13-18/h16-17,19H,3-15H2,1-2H3. The zero-order valence-corrected chi connectivity index (χ0v) is 13.8. The van der Waals surface area contributed by atoms with Crippen LogP contribution in [0.5, 0.6) is 0 Å². The molecular formula is C18H35NO. The molecule has 0 aromatic carbocycles. The van der Waals surface area contributed by atoms with Gasteiger partial charge in [-0.05, 0) is 64.3 Å². The molecule has 0 aromatic rings. The first-order chi connectivity index (χ1) is 9.78. The maximum Gasteiger partial charge on any atom is 0.0687 e. The van der Waals surface area contributed by atoms with Gasteiger partial charge >= 0.3 is 0 Å². The van der Waals surface area contributed by atoms with Crippen molar-refractivity contribution in [2.24, 2.45) is 0 Å². The highest BCUT2D eigenvalue weighted by Crippen LogP contribution is 2.42. The number of ether oxygens (including phenoxy) is 1. The normalized spacial score (nSPS) is 27.0. The molecule has 118 valence electrons. The molecule has 20 heavy (non-hydrogen) atoms. The van der Waals surface area contributed by atoms with E-state index in [0.717, 1.165) is 6.04 Å². The Bertz CT molecular complexity index is 260. The molecule has 2 nitrogen and oxygen atoms in total. The molecule has 2 heteroatoms. The fraction of sp³-hybridized carbons (Fsp3) is 1.00. The van der Waals surface area contributed by atoms with E-state index in [-0.39, 0.29) is 0 Å². The molecule has 2 fully saturated rings. The minimum atomic E-state index is 0.313. The Labute approximate surface area is 126 Å². The van der Waals surface area contributed by atoms with Crippen LogP contribution in [0.3, 0.4) is 0 Å². The van der Waals surface area contributed by atoms with Crippen LogP contribution in [0.25, 0.3) is 0 Å². The quantitative estimate of drug-likeness (QED) is 0.689. The van der Waals surface area contributed by atoms with Crippen LogP contribution in [-0.4, -0.2) is 24.3 Å². The van der Waals surface area contributed by atoms with Gasteiger partial charge in [0.2, 0.25) is 0 Å². The lowest BCUT2D eigenvalue weighted by atomic mass is 9.83. The van der Waals surface area contributed by atoms with Crippen molar-refractivity contribution in [1.82, 2.24) is 5.32 Å². The molecule has 1 spiro atoms. The smallest absolute Gasteiger partial charge is 0.0687 e. The van der Waals surface area contributed by atoms with Crippen molar-refractivity contribution in [1.29, 1.82) is 0 Å². The third-order valence-corrected chi connectivity index (χ3v) is 5.36. The number of hydrogen-bond acceptors (Lipinski definition) is 2. The summed E-state index contributed by atoms with van der Waals surface area (Å²) in [6.45, 7) is 5.72. The highest BCUT2D eigenvalue weighted by atomic mass is 16.5. The Morgan fingerprint density at radius 3 is 2.65 bits per heavy atom. The van der Waals surface area contributed by atoms with Crippen LogP contribution in [0.2, 0.25) is 0 Å². The van der Waals surface area contributed by atoms with Crippen LogP contribution >= 0.6 is 0 Å². The van der Waals surface area contributed by atoms with Crippen LogP contribution < -0.4 is 5.32 Å². The van der Waals surface area contributed by atoms with Gasteiger partial charge in [0, 0.05) is 6.04 Å². The van der Waals surface area contributed by atoms with E-state index in [0.29, 0.717) is 11.7 Å². The molecule has 2 aliphatic rings. The Balaban J connectivity index is 1.62. The van der Waals surface area contributed by atoms with Gasteiger partial charge in [0.1, 0.15) is 0 Å². The second kappa shape index (κ2) is 8.38. The van der Waals surface area contributed by atoms with Gasteiger partial charge in [-0.15, -0.1) is 0 Å². The lowest BCUT2D eigenvalue weighted by Crippen LogP contribution is -2.32. The largest absolute Gasteiger partial charge is 0.372 e. The summed E-state index contributed by atoms with van der Waals surface area (Å²) < 4.78 is 6.47. The highest BCUT2D eigenvalue weighted by Gasteiger charge is 2.40. The fourth-order valence-electron chi connectivity index (χ4n) is 4.05. The molecule has 1 saturated carbocycles. The number of rotatable bonds is 8. The average Bonchev–Trinajstić information content (AvgIpc) is 2.86.